The number of hydrogen-bond acceptors (Lipinski definition) is 11. The van der Waals surface area contributed by atoms with Gasteiger partial charge in [0.2, 0.25) is 6.79 Å². The summed E-state index contributed by atoms with van der Waals surface area (Å²) >= 11 is 0. The van der Waals surface area contributed by atoms with Gasteiger partial charge in [-0.05, 0) is 45.2 Å². The van der Waals surface area contributed by atoms with Gasteiger partial charge in [0.25, 0.3) is 5.91 Å². The van der Waals surface area contributed by atoms with Gasteiger partial charge in [-0.1, -0.05) is 24.6 Å². The number of carbonyl (C=O) groups excluding carboxylic acids is 3. The molecule has 1 aliphatic rings. The van der Waals surface area contributed by atoms with Crippen LogP contribution in [0.3, 0.4) is 0 Å². The monoisotopic (exact) mass is 588 g/mol. The highest BCUT2D eigenvalue weighted by molar-refractivity contribution is 5.98. The van der Waals surface area contributed by atoms with Crippen LogP contribution in [0, 0.1) is 5.92 Å². The summed E-state index contributed by atoms with van der Waals surface area (Å²) in [5.41, 5.74) is -0.140. The van der Waals surface area contributed by atoms with Crippen LogP contribution in [0.1, 0.15) is 50.0 Å². The van der Waals surface area contributed by atoms with Crippen molar-refractivity contribution in [3.05, 3.63) is 48.3 Å². The second kappa shape index (κ2) is 17.1. The first-order chi connectivity index (χ1) is 20.4. The predicted octanol–water partition coefficient (Wildman–Crippen LogP) is 3.32. The average Bonchev–Trinajstić information content (AvgIpc) is 3.04. The predicted molar refractivity (Wildman–Crippen MR) is 150 cm³/mol. The van der Waals surface area contributed by atoms with E-state index in [4.69, 9.17) is 33.2 Å². The van der Waals surface area contributed by atoms with E-state index in [1.165, 1.54) is 19.4 Å². The van der Waals surface area contributed by atoms with Crippen LogP contribution in [0.4, 0.5) is 0 Å². The maximum Gasteiger partial charge on any atom is 0.334 e. The van der Waals surface area contributed by atoms with Crippen molar-refractivity contribution in [2.45, 2.75) is 57.8 Å². The summed E-state index contributed by atoms with van der Waals surface area (Å²) in [6, 6.07) is 9.94. The number of nitrogens with one attached hydrogen (secondary N) is 1. The fourth-order valence-electron chi connectivity index (χ4n) is 4.64. The largest absolute Gasteiger partial charge is 0.493 e. The Morgan fingerprint density at radius 3 is 2.62 bits per heavy atom. The van der Waals surface area contributed by atoms with Crippen LogP contribution in [0.15, 0.2) is 42.6 Å². The summed E-state index contributed by atoms with van der Waals surface area (Å²) in [6.07, 6.45) is 2.78. The molecule has 1 fully saturated rings. The summed E-state index contributed by atoms with van der Waals surface area (Å²) in [5.74, 6) is -1.01. The maximum atomic E-state index is 13.4. The van der Waals surface area contributed by atoms with Crippen molar-refractivity contribution in [3.63, 3.8) is 0 Å². The molecule has 4 atom stereocenters. The van der Waals surface area contributed by atoms with E-state index >= 15 is 0 Å². The molecule has 1 aromatic heterocycles. The van der Waals surface area contributed by atoms with Crippen molar-refractivity contribution in [3.8, 4) is 17.2 Å². The van der Waals surface area contributed by atoms with Crippen LogP contribution in [0.2, 0.25) is 0 Å². The molecule has 2 aromatic rings. The first kappa shape index (κ1) is 32.6. The maximum absolute atomic E-state index is 13.4. The highest BCUT2D eigenvalue weighted by Crippen LogP contribution is 2.31. The molecule has 1 amide bonds. The number of methoxy groups -OCH3 is 2. The van der Waals surface area contributed by atoms with Gasteiger partial charge in [0.05, 0.1) is 7.11 Å². The van der Waals surface area contributed by atoms with Gasteiger partial charge < -0.3 is 38.5 Å². The quantitative estimate of drug-likeness (QED) is 0.257. The molecule has 0 saturated carbocycles. The lowest BCUT2D eigenvalue weighted by atomic mass is 9.89. The fourth-order valence-corrected chi connectivity index (χ4v) is 4.64. The number of esters is 2. The molecule has 1 aromatic carbocycles. The number of para-hydroxylation sites is 1. The van der Waals surface area contributed by atoms with Gasteiger partial charge in [-0.25, -0.2) is 14.6 Å². The van der Waals surface area contributed by atoms with Gasteiger partial charge in [0.15, 0.2) is 17.2 Å². The van der Waals surface area contributed by atoms with Crippen molar-refractivity contribution in [2.24, 2.45) is 5.92 Å². The summed E-state index contributed by atoms with van der Waals surface area (Å²) in [4.78, 5) is 42.6. The molecule has 3 rings (SSSR count). The highest BCUT2D eigenvalue weighted by atomic mass is 16.7. The molecule has 0 bridgehead atoms. The van der Waals surface area contributed by atoms with Crippen LogP contribution >= 0.6 is 0 Å². The third kappa shape index (κ3) is 9.59. The summed E-state index contributed by atoms with van der Waals surface area (Å²) in [5, 5.41) is 2.74. The van der Waals surface area contributed by atoms with Crippen LogP contribution in [-0.4, -0.2) is 81.9 Å². The Hall–Kier alpha value is -3.90. The van der Waals surface area contributed by atoms with Gasteiger partial charge in [0.1, 0.15) is 30.6 Å². The topological polar surface area (TPSA) is 141 Å². The molecule has 12 nitrogen and oxygen atoms in total. The second-order valence-electron chi connectivity index (χ2n) is 9.64. The molecule has 0 aliphatic carbocycles. The van der Waals surface area contributed by atoms with Gasteiger partial charge in [-0.15, -0.1) is 0 Å². The number of carbonyl (C=O) groups is 3. The average molecular weight is 589 g/mol. The van der Waals surface area contributed by atoms with E-state index in [0.717, 1.165) is 12.8 Å². The van der Waals surface area contributed by atoms with Gasteiger partial charge in [-0.3, -0.25) is 4.79 Å². The normalized spacial score (nSPS) is 20.7. The van der Waals surface area contributed by atoms with E-state index in [9.17, 15) is 14.4 Å². The number of ether oxygens (including phenoxy) is 7. The minimum atomic E-state index is -0.941. The fraction of sp³-hybridized carbons (Fsp3) is 0.533. The van der Waals surface area contributed by atoms with Crippen molar-refractivity contribution < 1.29 is 47.5 Å². The number of aromatic nitrogens is 1. The van der Waals surface area contributed by atoms with Crippen molar-refractivity contribution in [1.29, 1.82) is 0 Å². The summed E-state index contributed by atoms with van der Waals surface area (Å²) < 4.78 is 38.4. The van der Waals surface area contributed by atoms with Gasteiger partial charge in [0, 0.05) is 38.5 Å². The Kier molecular flexibility index (Phi) is 13.3. The molecule has 0 radical (unpaired) electrons. The Labute approximate surface area is 245 Å². The zero-order valence-corrected chi connectivity index (χ0v) is 24.5. The van der Waals surface area contributed by atoms with Crippen LogP contribution in [-0.2, 0) is 28.5 Å². The third-order valence-corrected chi connectivity index (χ3v) is 6.75. The molecular weight excluding hydrogens is 548 g/mol. The first-order valence-electron chi connectivity index (χ1n) is 14.0. The highest BCUT2D eigenvalue weighted by Gasteiger charge is 2.36. The molecule has 0 spiro atoms. The number of hydrogen-bond donors (Lipinski definition) is 1. The Balaban J connectivity index is 1.74. The Bertz CT molecular complexity index is 1150. The lowest BCUT2D eigenvalue weighted by Gasteiger charge is -2.31. The van der Waals surface area contributed by atoms with E-state index in [1.54, 1.807) is 21.0 Å². The smallest absolute Gasteiger partial charge is 0.334 e. The van der Waals surface area contributed by atoms with Crippen LogP contribution in [0.5, 0.6) is 17.2 Å². The second-order valence-corrected chi connectivity index (χ2v) is 9.64. The summed E-state index contributed by atoms with van der Waals surface area (Å²) in [7, 11) is 3.04. The minimum Gasteiger partial charge on any atom is -0.493 e. The molecule has 1 aliphatic heterocycles. The molecule has 1 N–H and O–H groups in total. The Morgan fingerprint density at radius 1 is 1.12 bits per heavy atom. The molecule has 1 saturated heterocycles. The Morgan fingerprint density at radius 2 is 1.90 bits per heavy atom. The standard InChI is InChI=1S/C30H40N2O10/c1-5-38-18-25(33)39-19-40-28-24(37-4)14-16-31-26(28)29(34)32-23-13-9-10-21(15-17-36-3)27(20(2)41-30(23)35)42-22-11-7-6-8-12-22/h6-8,11-12,14,16,20-21,23,27H,5,9-10,13,15,17-19H2,1-4H3,(H,32,34)/t20-,21+,23-,27?/m0/s1. The van der Waals surface area contributed by atoms with Crippen LogP contribution < -0.4 is 19.5 Å². The molecule has 1 unspecified atom stereocenters. The van der Waals surface area contributed by atoms with Crippen molar-refractivity contribution >= 4 is 17.8 Å². The van der Waals surface area contributed by atoms with E-state index < -0.39 is 42.9 Å². The summed E-state index contributed by atoms with van der Waals surface area (Å²) in [6.45, 7) is 3.70. The van der Waals surface area contributed by atoms with E-state index in [-0.39, 0.29) is 29.7 Å². The van der Waals surface area contributed by atoms with Gasteiger partial charge in [-0.2, -0.15) is 0 Å². The first-order valence-corrected chi connectivity index (χ1v) is 14.0. The lowest BCUT2D eigenvalue weighted by Crippen LogP contribution is -2.45. The zero-order chi connectivity index (χ0) is 30.3. The van der Waals surface area contributed by atoms with Crippen molar-refractivity contribution in [1.82, 2.24) is 10.3 Å². The molecular formula is C30H40N2O10. The molecule has 12 heteroatoms. The SMILES string of the molecule is CCOCC(=O)OCOc1c(OC)ccnc1C(=O)N[C@H]1CCC[C@H](CCOC)C(Oc2ccccc2)[C@H](C)OC1=O. The van der Waals surface area contributed by atoms with Crippen molar-refractivity contribution in [2.75, 3.05) is 40.8 Å². The lowest BCUT2D eigenvalue weighted by molar-refractivity contribution is -0.156. The van der Waals surface area contributed by atoms with E-state index in [0.29, 0.717) is 31.8 Å². The number of rotatable bonds is 14. The van der Waals surface area contributed by atoms with E-state index in [2.05, 4.69) is 10.3 Å². The third-order valence-electron chi connectivity index (χ3n) is 6.75. The number of benzene rings is 1. The van der Waals surface area contributed by atoms with Crippen LogP contribution in [0.25, 0.3) is 0 Å². The molecule has 230 valence electrons. The zero-order valence-electron chi connectivity index (χ0n) is 24.5. The minimum absolute atomic E-state index is 0.0394. The van der Waals surface area contributed by atoms with E-state index in [1.807, 2.05) is 30.3 Å². The van der Waals surface area contributed by atoms with Gasteiger partial charge >= 0.3 is 11.9 Å². The molecule has 42 heavy (non-hydrogen) atoms. The number of amides is 1. The number of pyridine rings is 1. The number of cyclic esters (lactones) is 1. The number of nitrogens with zero attached hydrogens (tertiary/aromatic N) is 1. The molecule has 2 heterocycles.